The van der Waals surface area contributed by atoms with E-state index in [1.54, 1.807) is 0 Å². The van der Waals surface area contributed by atoms with Gasteiger partial charge in [0.05, 0.1) is 13.2 Å². The lowest BCUT2D eigenvalue weighted by Crippen LogP contribution is -2.23. The van der Waals surface area contributed by atoms with Gasteiger partial charge in [-0.15, -0.1) is 0 Å². The lowest BCUT2D eigenvalue weighted by molar-refractivity contribution is 0.0952. The van der Waals surface area contributed by atoms with Crippen molar-refractivity contribution in [2.45, 2.75) is 19.9 Å². The molecule has 0 saturated heterocycles. The number of nitrogens with one attached hydrogen (secondary N) is 1. The number of hydrogen-bond donors (Lipinski definition) is 1. The number of hydrogen-bond acceptors (Lipinski definition) is 3. The maximum Gasteiger partial charge on any atom is 0.252 e. The Bertz CT molecular complexity index is 960. The van der Waals surface area contributed by atoms with Gasteiger partial charge in [0.1, 0.15) is 0 Å². The lowest BCUT2D eigenvalue weighted by atomic mass is 10.0. The first kappa shape index (κ1) is 16.5. The van der Waals surface area contributed by atoms with Gasteiger partial charge in [-0.2, -0.15) is 0 Å². The highest BCUT2D eigenvalue weighted by Crippen LogP contribution is 2.32. The molecule has 0 spiro atoms. The molecule has 0 bridgehead atoms. The van der Waals surface area contributed by atoms with Crippen molar-refractivity contribution in [2.24, 2.45) is 0 Å². The minimum absolute atomic E-state index is 0.0756. The molecule has 1 N–H and O–H groups in total. The Morgan fingerprint density at radius 1 is 1.00 bits per heavy atom. The van der Waals surface area contributed by atoms with Crippen LogP contribution < -0.4 is 14.8 Å². The van der Waals surface area contributed by atoms with Crippen molar-refractivity contribution in [1.82, 2.24) is 5.32 Å². The van der Waals surface area contributed by atoms with Gasteiger partial charge >= 0.3 is 0 Å². The van der Waals surface area contributed by atoms with Gasteiger partial charge in [0, 0.05) is 18.5 Å². The topological polar surface area (TPSA) is 47.6 Å². The molecule has 1 aliphatic rings. The fraction of sp³-hybridized carbons (Fsp3) is 0.227. The lowest BCUT2D eigenvalue weighted by Gasteiger charge is -2.14. The molecule has 3 aromatic rings. The van der Waals surface area contributed by atoms with Gasteiger partial charge in [0.25, 0.3) is 5.91 Å². The molecule has 0 saturated carbocycles. The standard InChI is InChI=1S/C22H21NO3/c1-15-12-20-21(26-11-5-10-25-20)13-17(15)14-23-22(24)19-9-4-7-16-6-2-3-8-18(16)19/h2-4,6-9,12-13H,5,10-11,14H2,1H3,(H,23,24). The van der Waals surface area contributed by atoms with E-state index in [1.807, 2.05) is 61.5 Å². The maximum absolute atomic E-state index is 12.7. The first-order chi connectivity index (χ1) is 12.7. The molecule has 4 rings (SSSR count). The number of rotatable bonds is 3. The third-order valence-electron chi connectivity index (χ3n) is 4.68. The number of carbonyl (C=O) groups is 1. The highest BCUT2D eigenvalue weighted by molar-refractivity contribution is 6.06. The minimum atomic E-state index is -0.0756. The van der Waals surface area contributed by atoms with Gasteiger partial charge in [0.2, 0.25) is 0 Å². The second-order valence-corrected chi connectivity index (χ2v) is 6.49. The van der Waals surface area contributed by atoms with Crippen LogP contribution in [0.3, 0.4) is 0 Å². The Balaban J connectivity index is 1.55. The molecule has 132 valence electrons. The average Bonchev–Trinajstić information content (AvgIpc) is 2.90. The molecule has 1 aliphatic heterocycles. The van der Waals surface area contributed by atoms with Crippen LogP contribution in [0, 0.1) is 6.92 Å². The molecule has 0 aliphatic carbocycles. The second kappa shape index (κ2) is 7.08. The molecule has 0 aromatic heterocycles. The van der Waals surface area contributed by atoms with Crippen molar-refractivity contribution >= 4 is 16.7 Å². The summed E-state index contributed by atoms with van der Waals surface area (Å²) in [6.45, 7) is 3.79. The number of benzene rings is 3. The van der Waals surface area contributed by atoms with Crippen LogP contribution in [-0.4, -0.2) is 19.1 Å². The van der Waals surface area contributed by atoms with Crippen molar-refractivity contribution in [1.29, 1.82) is 0 Å². The third kappa shape index (κ3) is 3.23. The van der Waals surface area contributed by atoms with Crippen LogP contribution >= 0.6 is 0 Å². The molecule has 3 aromatic carbocycles. The van der Waals surface area contributed by atoms with E-state index < -0.39 is 0 Å². The molecule has 0 unspecified atom stereocenters. The van der Waals surface area contributed by atoms with Gasteiger partial charge in [0.15, 0.2) is 11.5 Å². The quantitative estimate of drug-likeness (QED) is 0.771. The van der Waals surface area contributed by atoms with E-state index in [0.29, 0.717) is 25.3 Å². The largest absolute Gasteiger partial charge is 0.490 e. The predicted octanol–water partition coefficient (Wildman–Crippen LogP) is 4.24. The number of aryl methyl sites for hydroxylation is 1. The van der Waals surface area contributed by atoms with E-state index in [4.69, 9.17) is 9.47 Å². The summed E-state index contributed by atoms with van der Waals surface area (Å²) in [4.78, 5) is 12.7. The van der Waals surface area contributed by atoms with Crippen molar-refractivity contribution < 1.29 is 14.3 Å². The summed E-state index contributed by atoms with van der Waals surface area (Å²) in [7, 11) is 0. The summed E-state index contributed by atoms with van der Waals surface area (Å²) in [5.41, 5.74) is 2.80. The van der Waals surface area contributed by atoms with Crippen LogP contribution in [0.4, 0.5) is 0 Å². The Morgan fingerprint density at radius 2 is 1.73 bits per heavy atom. The van der Waals surface area contributed by atoms with Crippen LogP contribution in [0.15, 0.2) is 54.6 Å². The molecule has 0 atom stereocenters. The molecule has 4 heteroatoms. The molecule has 4 nitrogen and oxygen atoms in total. The third-order valence-corrected chi connectivity index (χ3v) is 4.68. The summed E-state index contributed by atoms with van der Waals surface area (Å²) >= 11 is 0. The molecule has 26 heavy (non-hydrogen) atoms. The summed E-state index contributed by atoms with van der Waals surface area (Å²) in [6, 6.07) is 17.7. The van der Waals surface area contributed by atoms with Crippen LogP contribution in [0.25, 0.3) is 10.8 Å². The molecular weight excluding hydrogens is 326 g/mol. The molecular formula is C22H21NO3. The van der Waals surface area contributed by atoms with Crippen LogP contribution in [0.5, 0.6) is 11.5 Å². The van der Waals surface area contributed by atoms with E-state index in [2.05, 4.69) is 5.32 Å². The number of ether oxygens (including phenoxy) is 2. The predicted molar refractivity (Wildman–Crippen MR) is 102 cm³/mol. The fourth-order valence-electron chi connectivity index (χ4n) is 3.24. The van der Waals surface area contributed by atoms with Crippen LogP contribution in [0.1, 0.15) is 27.9 Å². The summed E-state index contributed by atoms with van der Waals surface area (Å²) < 4.78 is 11.5. The maximum atomic E-state index is 12.7. The molecule has 0 radical (unpaired) electrons. The van der Waals surface area contributed by atoms with Crippen molar-refractivity contribution in [3.63, 3.8) is 0 Å². The normalized spacial score (nSPS) is 13.3. The van der Waals surface area contributed by atoms with Gasteiger partial charge in [-0.25, -0.2) is 0 Å². The highest BCUT2D eigenvalue weighted by Gasteiger charge is 2.15. The SMILES string of the molecule is Cc1cc2c(cc1CNC(=O)c1cccc3ccccc13)OCCCO2. The van der Waals surface area contributed by atoms with Gasteiger partial charge in [-0.05, 0) is 47.0 Å². The number of fused-ring (bicyclic) bond motifs is 2. The number of carbonyl (C=O) groups excluding carboxylic acids is 1. The highest BCUT2D eigenvalue weighted by atomic mass is 16.5. The van der Waals surface area contributed by atoms with E-state index in [1.165, 1.54) is 0 Å². The van der Waals surface area contributed by atoms with Gasteiger partial charge in [-0.3, -0.25) is 4.79 Å². The summed E-state index contributed by atoms with van der Waals surface area (Å²) in [5.74, 6) is 1.46. The Hall–Kier alpha value is -3.01. The average molecular weight is 347 g/mol. The second-order valence-electron chi connectivity index (χ2n) is 6.49. The van der Waals surface area contributed by atoms with E-state index in [9.17, 15) is 4.79 Å². The van der Waals surface area contributed by atoms with E-state index >= 15 is 0 Å². The fourth-order valence-corrected chi connectivity index (χ4v) is 3.24. The Labute approximate surface area is 152 Å². The Kier molecular flexibility index (Phi) is 4.48. The zero-order valence-corrected chi connectivity index (χ0v) is 14.7. The van der Waals surface area contributed by atoms with Crippen molar-refractivity contribution in [2.75, 3.05) is 13.2 Å². The minimum Gasteiger partial charge on any atom is -0.490 e. The van der Waals surface area contributed by atoms with Gasteiger partial charge < -0.3 is 14.8 Å². The van der Waals surface area contributed by atoms with Crippen LogP contribution in [0.2, 0.25) is 0 Å². The van der Waals surface area contributed by atoms with Crippen molar-refractivity contribution in [3.05, 3.63) is 71.3 Å². The first-order valence-corrected chi connectivity index (χ1v) is 8.87. The number of amides is 1. The van der Waals surface area contributed by atoms with E-state index in [0.717, 1.165) is 39.8 Å². The van der Waals surface area contributed by atoms with E-state index in [-0.39, 0.29) is 5.91 Å². The molecule has 1 heterocycles. The zero-order chi connectivity index (χ0) is 17.9. The summed E-state index contributed by atoms with van der Waals surface area (Å²) in [6.07, 6.45) is 0.876. The molecule has 1 amide bonds. The first-order valence-electron chi connectivity index (χ1n) is 8.87. The van der Waals surface area contributed by atoms with Gasteiger partial charge in [-0.1, -0.05) is 36.4 Å². The van der Waals surface area contributed by atoms with Crippen LogP contribution in [-0.2, 0) is 6.54 Å². The summed E-state index contributed by atoms with van der Waals surface area (Å²) in [5, 5.41) is 5.06. The zero-order valence-electron chi connectivity index (χ0n) is 14.7. The Morgan fingerprint density at radius 3 is 2.58 bits per heavy atom. The molecule has 0 fully saturated rings. The monoisotopic (exact) mass is 347 g/mol. The van der Waals surface area contributed by atoms with Crippen molar-refractivity contribution in [3.8, 4) is 11.5 Å². The smallest absolute Gasteiger partial charge is 0.252 e.